The van der Waals surface area contributed by atoms with Crippen LogP contribution in [0.4, 0.5) is 5.69 Å². The van der Waals surface area contributed by atoms with Gasteiger partial charge in [0.2, 0.25) is 0 Å². The van der Waals surface area contributed by atoms with Gasteiger partial charge in [-0.15, -0.1) is 0 Å². The number of benzene rings is 2. The van der Waals surface area contributed by atoms with Crippen LogP contribution >= 0.6 is 8.96 Å². The zero-order chi connectivity index (χ0) is 11.2. The van der Waals surface area contributed by atoms with Crippen LogP contribution in [-0.2, 0) is 0 Å². The lowest BCUT2D eigenvalue weighted by molar-refractivity contribution is 0.635. The van der Waals surface area contributed by atoms with Crippen molar-refractivity contribution in [2.24, 2.45) is 0 Å². The number of aryl methyl sites for hydroxylation is 1. The molecule has 2 nitrogen and oxygen atoms in total. The Hall–Kier alpha value is -1.53. The number of hydrogen-bond donors (Lipinski definition) is 1. The predicted molar refractivity (Wildman–Crippen MR) is 70.2 cm³/mol. The summed E-state index contributed by atoms with van der Waals surface area (Å²) in [5, 5.41) is 3.23. The smallest absolute Gasteiger partial charge is 0.174 e. The van der Waals surface area contributed by atoms with Gasteiger partial charge in [-0.25, -0.2) is 0 Å². The van der Waals surface area contributed by atoms with Crippen LogP contribution in [0.15, 0.2) is 54.6 Å². The van der Waals surface area contributed by atoms with E-state index in [4.69, 9.17) is 4.52 Å². The molecule has 0 aromatic heterocycles. The second-order valence-corrected chi connectivity index (χ2v) is 4.17. The van der Waals surface area contributed by atoms with Gasteiger partial charge in [0, 0.05) is 5.69 Å². The third-order valence-corrected chi connectivity index (χ3v) is 2.89. The van der Waals surface area contributed by atoms with Gasteiger partial charge in [-0.3, -0.25) is 0 Å². The first kappa shape index (κ1) is 11.0. The van der Waals surface area contributed by atoms with Crippen molar-refractivity contribution in [2.75, 3.05) is 5.09 Å². The molecule has 0 saturated heterocycles. The second kappa shape index (κ2) is 5.53. The van der Waals surface area contributed by atoms with Crippen LogP contribution in [0.2, 0.25) is 0 Å². The highest BCUT2D eigenvalue weighted by Crippen LogP contribution is 2.22. The van der Waals surface area contributed by atoms with Crippen molar-refractivity contribution in [3.05, 3.63) is 60.2 Å². The molecule has 2 aromatic carbocycles. The van der Waals surface area contributed by atoms with Crippen LogP contribution in [0, 0.1) is 6.92 Å². The van der Waals surface area contributed by atoms with E-state index in [-0.39, 0.29) is 8.96 Å². The largest absolute Gasteiger partial charge is 0.456 e. The molecule has 0 aliphatic carbocycles. The van der Waals surface area contributed by atoms with Crippen molar-refractivity contribution in [1.29, 1.82) is 0 Å². The maximum atomic E-state index is 5.56. The Morgan fingerprint density at radius 3 is 2.31 bits per heavy atom. The fraction of sp³-hybridized carbons (Fsp3) is 0.0769. The van der Waals surface area contributed by atoms with Gasteiger partial charge in [0.25, 0.3) is 0 Å². The van der Waals surface area contributed by atoms with Gasteiger partial charge in [-0.2, -0.15) is 0 Å². The van der Waals surface area contributed by atoms with Gasteiger partial charge in [0.1, 0.15) is 5.75 Å². The number of para-hydroxylation sites is 1. The Morgan fingerprint density at radius 1 is 0.938 bits per heavy atom. The standard InChI is InChI=1S/C13H14NOP/c1-11-7-9-12(10-8-11)14-16-15-13-5-3-2-4-6-13/h2-10,14,16H,1H3. The van der Waals surface area contributed by atoms with Crippen LogP contribution in [-0.4, -0.2) is 0 Å². The van der Waals surface area contributed by atoms with Crippen molar-refractivity contribution in [1.82, 2.24) is 0 Å². The molecule has 1 unspecified atom stereocenters. The molecule has 16 heavy (non-hydrogen) atoms. The molecular formula is C13H14NOP. The monoisotopic (exact) mass is 231 g/mol. The van der Waals surface area contributed by atoms with Crippen molar-refractivity contribution in [2.45, 2.75) is 6.92 Å². The predicted octanol–water partition coefficient (Wildman–Crippen LogP) is 3.99. The van der Waals surface area contributed by atoms with E-state index in [0.717, 1.165) is 11.4 Å². The molecule has 0 aliphatic rings. The Labute approximate surface area is 97.6 Å². The molecule has 82 valence electrons. The summed E-state index contributed by atoms with van der Waals surface area (Å²) in [5.41, 5.74) is 2.35. The molecule has 0 fully saturated rings. The lowest BCUT2D eigenvalue weighted by Gasteiger charge is -2.07. The van der Waals surface area contributed by atoms with E-state index in [2.05, 4.69) is 36.3 Å². The summed E-state index contributed by atoms with van der Waals surface area (Å²) in [5.74, 6) is 0.889. The van der Waals surface area contributed by atoms with Crippen molar-refractivity contribution >= 4 is 14.6 Å². The van der Waals surface area contributed by atoms with E-state index in [1.165, 1.54) is 5.56 Å². The quantitative estimate of drug-likeness (QED) is 0.803. The van der Waals surface area contributed by atoms with Gasteiger partial charge in [0.05, 0.1) is 0 Å². The minimum Gasteiger partial charge on any atom is -0.456 e. The summed E-state index contributed by atoms with van der Waals surface area (Å²) in [6.07, 6.45) is 0. The molecule has 0 amide bonds. The number of anilines is 1. The Kier molecular flexibility index (Phi) is 3.79. The number of hydrogen-bond acceptors (Lipinski definition) is 2. The van der Waals surface area contributed by atoms with Gasteiger partial charge in [-0.05, 0) is 31.2 Å². The van der Waals surface area contributed by atoms with E-state index in [1.807, 2.05) is 30.3 Å². The van der Waals surface area contributed by atoms with E-state index >= 15 is 0 Å². The van der Waals surface area contributed by atoms with E-state index in [1.54, 1.807) is 0 Å². The first-order chi connectivity index (χ1) is 7.84. The normalized spacial score (nSPS) is 10.6. The van der Waals surface area contributed by atoms with Crippen LogP contribution in [0.5, 0.6) is 5.75 Å². The van der Waals surface area contributed by atoms with Crippen LogP contribution in [0.25, 0.3) is 0 Å². The lowest BCUT2D eigenvalue weighted by atomic mass is 10.2. The molecule has 2 aromatic rings. The summed E-state index contributed by atoms with van der Waals surface area (Å²) >= 11 is 0. The van der Waals surface area contributed by atoms with Crippen LogP contribution < -0.4 is 9.61 Å². The topological polar surface area (TPSA) is 21.3 Å². The summed E-state index contributed by atoms with van der Waals surface area (Å²) in [6, 6.07) is 18.1. The summed E-state index contributed by atoms with van der Waals surface area (Å²) in [6.45, 7) is 2.08. The molecule has 0 saturated carbocycles. The summed E-state index contributed by atoms with van der Waals surface area (Å²) in [7, 11) is 0.234. The third-order valence-electron chi connectivity index (χ3n) is 2.16. The Morgan fingerprint density at radius 2 is 1.62 bits per heavy atom. The van der Waals surface area contributed by atoms with Crippen LogP contribution in [0.1, 0.15) is 5.56 Å². The highest BCUT2D eigenvalue weighted by atomic mass is 31.1. The first-order valence-electron chi connectivity index (χ1n) is 5.14. The molecule has 3 heteroatoms. The van der Waals surface area contributed by atoms with Gasteiger partial charge < -0.3 is 9.61 Å². The maximum absolute atomic E-state index is 5.56. The zero-order valence-corrected chi connectivity index (χ0v) is 10.1. The summed E-state index contributed by atoms with van der Waals surface area (Å²) in [4.78, 5) is 0. The molecule has 1 N–H and O–H groups in total. The lowest BCUT2D eigenvalue weighted by Crippen LogP contribution is -1.88. The average molecular weight is 231 g/mol. The van der Waals surface area contributed by atoms with Crippen molar-refractivity contribution in [3.63, 3.8) is 0 Å². The zero-order valence-electron chi connectivity index (χ0n) is 9.10. The highest BCUT2D eigenvalue weighted by molar-refractivity contribution is 7.34. The van der Waals surface area contributed by atoms with Crippen molar-refractivity contribution in [3.8, 4) is 5.75 Å². The van der Waals surface area contributed by atoms with Gasteiger partial charge >= 0.3 is 0 Å². The number of nitrogens with one attached hydrogen (secondary N) is 1. The van der Waals surface area contributed by atoms with E-state index < -0.39 is 0 Å². The molecular weight excluding hydrogens is 217 g/mol. The minimum atomic E-state index is 0.234. The highest BCUT2D eigenvalue weighted by Gasteiger charge is 1.93. The SMILES string of the molecule is Cc1ccc(NPOc2ccccc2)cc1. The van der Waals surface area contributed by atoms with Gasteiger partial charge in [-0.1, -0.05) is 35.9 Å². The van der Waals surface area contributed by atoms with Gasteiger partial charge in [0.15, 0.2) is 8.96 Å². The molecule has 0 radical (unpaired) electrons. The van der Waals surface area contributed by atoms with Crippen molar-refractivity contribution < 1.29 is 4.52 Å². The molecule has 0 aliphatic heterocycles. The fourth-order valence-corrected chi connectivity index (χ4v) is 1.86. The molecule has 0 heterocycles. The third kappa shape index (κ3) is 3.25. The molecule has 0 spiro atoms. The fourth-order valence-electron chi connectivity index (χ4n) is 1.27. The minimum absolute atomic E-state index is 0.234. The summed E-state index contributed by atoms with van der Waals surface area (Å²) < 4.78 is 5.56. The number of rotatable bonds is 4. The average Bonchev–Trinajstić information content (AvgIpc) is 2.33. The second-order valence-electron chi connectivity index (χ2n) is 3.51. The Balaban J connectivity index is 1.82. The molecule has 1 atom stereocenters. The van der Waals surface area contributed by atoms with E-state index in [0.29, 0.717) is 0 Å². The molecule has 2 rings (SSSR count). The van der Waals surface area contributed by atoms with Crippen LogP contribution in [0.3, 0.4) is 0 Å². The van der Waals surface area contributed by atoms with E-state index in [9.17, 15) is 0 Å². The maximum Gasteiger partial charge on any atom is 0.174 e. The Bertz CT molecular complexity index is 427. The first-order valence-corrected chi connectivity index (χ1v) is 6.05. The molecule has 0 bridgehead atoms.